The summed E-state index contributed by atoms with van der Waals surface area (Å²) in [6.07, 6.45) is 0. The van der Waals surface area contributed by atoms with E-state index in [9.17, 15) is 26.4 Å². The molecule has 6 nitrogen and oxygen atoms in total. The van der Waals surface area contributed by atoms with Gasteiger partial charge in [-0.1, -0.05) is 0 Å². The van der Waals surface area contributed by atoms with Crippen LogP contribution in [0, 0.1) is 17.5 Å². The van der Waals surface area contributed by atoms with Crippen molar-refractivity contribution in [2.24, 2.45) is 0 Å². The first-order valence-corrected chi connectivity index (χ1v) is 8.78. The second-order valence-corrected chi connectivity index (χ2v) is 6.86. The van der Waals surface area contributed by atoms with Crippen LogP contribution in [0.4, 0.5) is 18.9 Å². The van der Waals surface area contributed by atoms with Crippen LogP contribution in [0.2, 0.25) is 0 Å². The Morgan fingerprint density at radius 2 is 1.69 bits per heavy atom. The van der Waals surface area contributed by atoms with Crippen LogP contribution in [0.1, 0.15) is 10.4 Å². The molecule has 2 aromatic carbocycles. The number of halogens is 3. The first-order chi connectivity index (χ1) is 12.3. The third kappa shape index (κ3) is 4.59. The van der Waals surface area contributed by atoms with Gasteiger partial charge in [-0.3, -0.25) is 4.79 Å². The van der Waals surface area contributed by atoms with Crippen LogP contribution in [0.15, 0.2) is 41.3 Å². The first kappa shape index (κ1) is 19.9. The minimum Gasteiger partial charge on any atom is -0.383 e. The highest BCUT2D eigenvalue weighted by Crippen LogP contribution is 2.18. The number of ether oxygens (including phenoxy) is 1. The normalized spacial score (nSPS) is 11.4. The zero-order valence-corrected chi connectivity index (χ0v) is 14.4. The molecule has 0 heterocycles. The number of sulfonamides is 1. The van der Waals surface area contributed by atoms with E-state index >= 15 is 0 Å². The summed E-state index contributed by atoms with van der Waals surface area (Å²) in [4.78, 5) is 11.9. The maximum atomic E-state index is 13.6. The third-order valence-corrected chi connectivity index (χ3v) is 4.78. The molecular weight excluding hydrogens is 373 g/mol. The van der Waals surface area contributed by atoms with Gasteiger partial charge in [0.25, 0.3) is 5.91 Å². The molecule has 0 aliphatic heterocycles. The summed E-state index contributed by atoms with van der Waals surface area (Å²) < 4.78 is 70.8. The average Bonchev–Trinajstić information content (AvgIpc) is 2.60. The van der Waals surface area contributed by atoms with Gasteiger partial charge in [0.1, 0.15) is 0 Å². The molecule has 0 aliphatic rings. The molecule has 0 spiro atoms. The first-order valence-electron chi connectivity index (χ1n) is 7.30. The van der Waals surface area contributed by atoms with E-state index in [4.69, 9.17) is 4.74 Å². The van der Waals surface area contributed by atoms with Crippen LogP contribution >= 0.6 is 0 Å². The quantitative estimate of drug-likeness (QED) is 0.563. The molecule has 0 bridgehead atoms. The predicted octanol–water partition coefficient (Wildman–Crippen LogP) is 2.28. The van der Waals surface area contributed by atoms with E-state index in [2.05, 4.69) is 10.0 Å². The third-order valence-electron chi connectivity index (χ3n) is 3.30. The lowest BCUT2D eigenvalue weighted by Crippen LogP contribution is -2.27. The number of amides is 1. The Kier molecular flexibility index (Phi) is 6.35. The fraction of sp³-hybridized carbons (Fsp3) is 0.188. The summed E-state index contributed by atoms with van der Waals surface area (Å²) in [6.45, 7) is 0.292. The van der Waals surface area contributed by atoms with Crippen LogP contribution in [0.25, 0.3) is 0 Å². The number of carbonyl (C=O) groups is 1. The topological polar surface area (TPSA) is 84.5 Å². The molecular formula is C16H15F3N2O4S. The van der Waals surface area contributed by atoms with Gasteiger partial charge in [0.05, 0.1) is 17.1 Å². The molecule has 2 aromatic rings. The Morgan fingerprint density at radius 1 is 1.04 bits per heavy atom. The summed E-state index contributed by atoms with van der Waals surface area (Å²) in [5.74, 6) is -5.77. The molecule has 0 radical (unpaired) electrons. The Bertz CT molecular complexity index is 902. The minimum absolute atomic E-state index is 0.0504. The van der Waals surface area contributed by atoms with E-state index in [0.29, 0.717) is 6.07 Å². The van der Waals surface area contributed by atoms with E-state index in [-0.39, 0.29) is 23.7 Å². The van der Waals surface area contributed by atoms with Crippen LogP contribution < -0.4 is 10.0 Å². The van der Waals surface area contributed by atoms with Crippen molar-refractivity contribution in [3.63, 3.8) is 0 Å². The Labute approximate surface area is 148 Å². The number of anilines is 1. The molecule has 0 unspecified atom stereocenters. The summed E-state index contributed by atoms with van der Waals surface area (Å²) in [5.41, 5.74) is -0.531. The minimum atomic E-state index is -3.74. The molecule has 0 aliphatic carbocycles. The lowest BCUT2D eigenvalue weighted by Gasteiger charge is -2.09. The van der Waals surface area contributed by atoms with Gasteiger partial charge in [0.15, 0.2) is 17.5 Å². The smallest absolute Gasteiger partial charge is 0.258 e. The molecule has 0 aromatic heterocycles. The van der Waals surface area contributed by atoms with Gasteiger partial charge in [0.2, 0.25) is 10.0 Å². The number of carbonyl (C=O) groups excluding carboxylic acids is 1. The molecule has 140 valence electrons. The molecule has 1 amide bonds. The van der Waals surface area contributed by atoms with Gasteiger partial charge in [-0.2, -0.15) is 0 Å². The van der Waals surface area contributed by atoms with Crippen LogP contribution in [-0.4, -0.2) is 34.6 Å². The van der Waals surface area contributed by atoms with Gasteiger partial charge in [0, 0.05) is 19.3 Å². The number of rotatable bonds is 7. The molecule has 10 heteroatoms. The van der Waals surface area contributed by atoms with E-state index in [1.54, 1.807) is 0 Å². The van der Waals surface area contributed by atoms with Crippen LogP contribution in [0.5, 0.6) is 0 Å². The van der Waals surface area contributed by atoms with Crippen molar-refractivity contribution in [3.05, 3.63) is 59.4 Å². The molecule has 0 atom stereocenters. The van der Waals surface area contributed by atoms with Crippen LogP contribution in [0.3, 0.4) is 0 Å². The van der Waals surface area contributed by atoms with Crippen molar-refractivity contribution < 1.29 is 31.1 Å². The fourth-order valence-electron chi connectivity index (χ4n) is 1.98. The second-order valence-electron chi connectivity index (χ2n) is 5.09. The Balaban J connectivity index is 2.12. The summed E-state index contributed by atoms with van der Waals surface area (Å²) >= 11 is 0. The van der Waals surface area contributed by atoms with E-state index in [1.165, 1.54) is 31.4 Å². The van der Waals surface area contributed by atoms with E-state index < -0.39 is 38.9 Å². The van der Waals surface area contributed by atoms with Crippen molar-refractivity contribution in [2.75, 3.05) is 25.6 Å². The van der Waals surface area contributed by atoms with Crippen LogP contribution in [-0.2, 0) is 14.8 Å². The predicted molar refractivity (Wildman–Crippen MR) is 87.8 cm³/mol. The standard InChI is InChI=1S/C16H15F3N2O4S/c1-25-9-8-20-26(23,24)11-4-2-10(3-5-11)21-16(22)12-6-7-13(17)15(19)14(12)18/h2-7,20H,8-9H2,1H3,(H,21,22). The van der Waals surface area contributed by atoms with Crippen molar-refractivity contribution in [3.8, 4) is 0 Å². The highest BCUT2D eigenvalue weighted by molar-refractivity contribution is 7.89. The Morgan fingerprint density at radius 3 is 2.31 bits per heavy atom. The second kappa shape index (κ2) is 8.30. The van der Waals surface area contributed by atoms with Gasteiger partial charge in [-0.15, -0.1) is 0 Å². The molecule has 0 fully saturated rings. The molecule has 2 N–H and O–H groups in total. The van der Waals surface area contributed by atoms with Gasteiger partial charge < -0.3 is 10.1 Å². The number of hydrogen-bond acceptors (Lipinski definition) is 4. The van der Waals surface area contributed by atoms with E-state index in [1.807, 2.05) is 0 Å². The Hall–Kier alpha value is -2.43. The highest BCUT2D eigenvalue weighted by atomic mass is 32.2. The summed E-state index contributed by atoms with van der Waals surface area (Å²) in [7, 11) is -2.31. The number of hydrogen-bond donors (Lipinski definition) is 2. The van der Waals surface area contributed by atoms with Gasteiger partial charge in [-0.05, 0) is 36.4 Å². The van der Waals surface area contributed by atoms with Crippen molar-refractivity contribution in [2.45, 2.75) is 4.90 Å². The lowest BCUT2D eigenvalue weighted by atomic mass is 10.1. The molecule has 0 saturated carbocycles. The number of methoxy groups -OCH3 is 1. The zero-order valence-electron chi connectivity index (χ0n) is 13.6. The maximum Gasteiger partial charge on any atom is 0.258 e. The van der Waals surface area contributed by atoms with Crippen molar-refractivity contribution >= 4 is 21.6 Å². The zero-order chi connectivity index (χ0) is 19.3. The monoisotopic (exact) mass is 388 g/mol. The number of nitrogens with one attached hydrogen (secondary N) is 2. The molecule has 0 saturated heterocycles. The number of benzene rings is 2. The lowest BCUT2D eigenvalue weighted by molar-refractivity contribution is 0.102. The maximum absolute atomic E-state index is 13.6. The SMILES string of the molecule is COCCNS(=O)(=O)c1ccc(NC(=O)c2ccc(F)c(F)c2F)cc1. The summed E-state index contributed by atoms with van der Waals surface area (Å²) in [5, 5.41) is 2.27. The summed E-state index contributed by atoms with van der Waals surface area (Å²) in [6, 6.07) is 6.45. The largest absolute Gasteiger partial charge is 0.383 e. The van der Waals surface area contributed by atoms with Crippen molar-refractivity contribution in [1.29, 1.82) is 0 Å². The molecule has 26 heavy (non-hydrogen) atoms. The highest BCUT2D eigenvalue weighted by Gasteiger charge is 2.19. The van der Waals surface area contributed by atoms with Crippen molar-refractivity contribution in [1.82, 2.24) is 4.72 Å². The average molecular weight is 388 g/mol. The fourth-order valence-corrected chi connectivity index (χ4v) is 2.99. The van der Waals surface area contributed by atoms with E-state index in [0.717, 1.165) is 6.07 Å². The molecule has 2 rings (SSSR count). The van der Waals surface area contributed by atoms with Gasteiger partial charge >= 0.3 is 0 Å². The van der Waals surface area contributed by atoms with Gasteiger partial charge in [-0.25, -0.2) is 26.3 Å².